The summed E-state index contributed by atoms with van der Waals surface area (Å²) < 4.78 is 11.0. The lowest BCUT2D eigenvalue weighted by molar-refractivity contribution is -0.122. The topological polar surface area (TPSA) is 88.2 Å². The summed E-state index contributed by atoms with van der Waals surface area (Å²) in [5.74, 6) is 1.93. The van der Waals surface area contributed by atoms with Crippen molar-refractivity contribution in [2.75, 3.05) is 36.6 Å². The number of carbonyl (C=O) groups is 3. The van der Waals surface area contributed by atoms with Crippen LogP contribution in [0.2, 0.25) is 0 Å². The quantitative estimate of drug-likeness (QED) is 0.149. The number of amides is 4. The number of methoxy groups -OCH3 is 1. The molecule has 4 aromatic rings. The van der Waals surface area contributed by atoms with Crippen molar-refractivity contribution in [3.05, 3.63) is 124 Å². The third-order valence-electron chi connectivity index (χ3n) is 9.19. The fourth-order valence-corrected chi connectivity index (χ4v) is 7.02. The molecule has 3 aliphatic heterocycles. The molecule has 0 saturated carbocycles. The third kappa shape index (κ3) is 5.50. The summed E-state index contributed by atoms with van der Waals surface area (Å²) >= 11 is 0. The Kier molecular flexibility index (Phi) is 7.96. The zero-order valence-corrected chi connectivity index (χ0v) is 25.9. The van der Waals surface area contributed by atoms with E-state index in [4.69, 9.17) is 15.9 Å². The van der Waals surface area contributed by atoms with Crippen molar-refractivity contribution < 1.29 is 23.9 Å². The highest BCUT2D eigenvalue weighted by atomic mass is 16.5. The van der Waals surface area contributed by atoms with Gasteiger partial charge in [-0.1, -0.05) is 66.6 Å². The molecule has 3 aliphatic rings. The van der Waals surface area contributed by atoms with E-state index in [-0.39, 0.29) is 24.0 Å². The van der Waals surface area contributed by atoms with Crippen LogP contribution in [0.3, 0.4) is 0 Å². The molecule has 1 N–H and O–H groups in total. The van der Waals surface area contributed by atoms with Crippen molar-refractivity contribution in [3.63, 3.8) is 0 Å². The zero-order valence-electron chi connectivity index (χ0n) is 25.9. The first-order valence-corrected chi connectivity index (χ1v) is 15.6. The molecule has 8 nitrogen and oxygen atoms in total. The molecule has 0 radical (unpaired) electrons. The number of nitrogens with zero attached hydrogens (tertiary/aromatic N) is 2. The fraction of sp³-hybridized carbons (Fsp3) is 0.205. The molecule has 234 valence electrons. The summed E-state index contributed by atoms with van der Waals surface area (Å²) in [7, 11) is 1.52. The van der Waals surface area contributed by atoms with Crippen molar-refractivity contribution >= 4 is 35.3 Å². The molecule has 0 spiro atoms. The minimum atomic E-state index is -0.793. The highest BCUT2D eigenvalue weighted by Crippen LogP contribution is 2.50. The predicted octanol–water partition coefficient (Wildman–Crippen LogP) is 6.25. The van der Waals surface area contributed by atoms with E-state index < -0.39 is 17.8 Å². The summed E-state index contributed by atoms with van der Waals surface area (Å²) in [5, 5.41) is 2.39. The molecule has 1 fully saturated rings. The van der Waals surface area contributed by atoms with Crippen molar-refractivity contribution in [1.82, 2.24) is 5.32 Å². The van der Waals surface area contributed by atoms with Crippen LogP contribution in [0.25, 0.3) is 6.08 Å². The van der Waals surface area contributed by atoms with E-state index in [2.05, 4.69) is 40.4 Å². The van der Waals surface area contributed by atoms with Gasteiger partial charge in [0, 0.05) is 42.2 Å². The van der Waals surface area contributed by atoms with Crippen LogP contribution in [0.5, 0.6) is 11.5 Å². The maximum atomic E-state index is 14.2. The number of imide groups is 2. The molecule has 4 aromatic carbocycles. The van der Waals surface area contributed by atoms with Crippen LogP contribution >= 0.6 is 0 Å². The lowest BCUT2D eigenvalue weighted by Crippen LogP contribution is -2.54. The molecule has 47 heavy (non-hydrogen) atoms. The van der Waals surface area contributed by atoms with E-state index in [0.717, 1.165) is 42.0 Å². The van der Waals surface area contributed by atoms with Gasteiger partial charge in [0.25, 0.3) is 11.8 Å². The molecular formula is C39H33N3O5. The molecule has 0 aliphatic carbocycles. The predicted molar refractivity (Wildman–Crippen MR) is 181 cm³/mol. The zero-order chi connectivity index (χ0) is 32.5. The first-order valence-electron chi connectivity index (χ1n) is 15.6. The average molecular weight is 624 g/mol. The Hall–Kier alpha value is -5.81. The van der Waals surface area contributed by atoms with E-state index >= 15 is 0 Å². The summed E-state index contributed by atoms with van der Waals surface area (Å²) in [6, 6.07) is 28.8. The second kappa shape index (κ2) is 12.5. The van der Waals surface area contributed by atoms with Crippen LogP contribution in [0.15, 0.2) is 96.6 Å². The monoisotopic (exact) mass is 623 g/mol. The van der Waals surface area contributed by atoms with E-state index in [1.807, 2.05) is 48.5 Å². The number of carbonyl (C=O) groups excluding carboxylic acids is 3. The van der Waals surface area contributed by atoms with Gasteiger partial charge in [-0.15, -0.1) is 6.42 Å². The van der Waals surface area contributed by atoms with Gasteiger partial charge in [-0.2, -0.15) is 0 Å². The van der Waals surface area contributed by atoms with Crippen LogP contribution in [0, 0.1) is 12.3 Å². The maximum Gasteiger partial charge on any atom is 0.335 e. The van der Waals surface area contributed by atoms with Gasteiger partial charge < -0.3 is 14.4 Å². The highest BCUT2D eigenvalue weighted by molar-refractivity contribution is 6.39. The van der Waals surface area contributed by atoms with E-state index in [1.54, 1.807) is 18.2 Å². The molecule has 0 unspecified atom stereocenters. The number of anilines is 2. The van der Waals surface area contributed by atoms with Gasteiger partial charge in [0.15, 0.2) is 0 Å². The first kappa shape index (κ1) is 29.9. The lowest BCUT2D eigenvalue weighted by Gasteiger charge is -2.44. The number of hydrogen-bond donors (Lipinski definition) is 1. The molecule has 8 heteroatoms. The Morgan fingerprint density at radius 1 is 0.872 bits per heavy atom. The molecule has 3 heterocycles. The molecule has 0 bridgehead atoms. The second-order valence-corrected chi connectivity index (χ2v) is 11.8. The van der Waals surface area contributed by atoms with Crippen LogP contribution in [0.4, 0.5) is 16.2 Å². The Labute approximate surface area is 273 Å². The van der Waals surface area contributed by atoms with E-state index in [0.29, 0.717) is 22.7 Å². The number of benzene rings is 4. The van der Waals surface area contributed by atoms with Gasteiger partial charge >= 0.3 is 6.03 Å². The van der Waals surface area contributed by atoms with Crippen LogP contribution in [-0.2, 0) is 9.59 Å². The number of ether oxygens (including phenoxy) is 2. The fourth-order valence-electron chi connectivity index (χ4n) is 7.02. The largest absolute Gasteiger partial charge is 0.497 e. The maximum absolute atomic E-state index is 14.2. The van der Waals surface area contributed by atoms with Gasteiger partial charge in [-0.25, -0.2) is 9.69 Å². The van der Waals surface area contributed by atoms with Gasteiger partial charge in [0.05, 0.1) is 12.8 Å². The van der Waals surface area contributed by atoms with E-state index in [9.17, 15) is 14.4 Å². The van der Waals surface area contributed by atoms with Crippen molar-refractivity contribution in [1.29, 1.82) is 0 Å². The number of rotatable bonds is 7. The molecule has 4 amide bonds. The van der Waals surface area contributed by atoms with E-state index in [1.165, 1.54) is 30.0 Å². The van der Waals surface area contributed by atoms with Crippen molar-refractivity contribution in [3.8, 4) is 23.8 Å². The smallest absolute Gasteiger partial charge is 0.335 e. The Bertz CT molecular complexity index is 1870. The number of nitrogens with one attached hydrogen (secondary N) is 1. The van der Waals surface area contributed by atoms with Gasteiger partial charge in [-0.3, -0.25) is 14.9 Å². The number of terminal acetylenes is 1. The van der Waals surface area contributed by atoms with Gasteiger partial charge in [0.2, 0.25) is 0 Å². The Balaban J connectivity index is 1.37. The number of hydrogen-bond acceptors (Lipinski definition) is 6. The third-order valence-corrected chi connectivity index (χ3v) is 9.19. The number of urea groups is 1. The van der Waals surface area contributed by atoms with Crippen LogP contribution < -0.4 is 24.6 Å². The standard InChI is InChI=1S/C39H33N3O5/c1-3-20-47-35-24-29(46-2)15-14-27(35)21-34-37(43)40-39(45)42(38(34)44)28-22-32-30(25-10-6-4-7-11-25)16-18-41-19-17-31(33(23-28)36(32)41)26-12-8-5-9-13-26/h1,4-15,21-24,30-31H,16-20H2,2H3,(H,40,43,45)/b34-21+/t30-,31+. The van der Waals surface area contributed by atoms with Crippen molar-refractivity contribution in [2.24, 2.45) is 0 Å². The molecule has 0 aromatic heterocycles. The van der Waals surface area contributed by atoms with Gasteiger partial charge in [-0.05, 0) is 65.4 Å². The average Bonchev–Trinajstić information content (AvgIpc) is 3.10. The van der Waals surface area contributed by atoms with Gasteiger partial charge in [0.1, 0.15) is 23.7 Å². The molecule has 7 rings (SSSR count). The minimum Gasteiger partial charge on any atom is -0.497 e. The summed E-state index contributed by atoms with van der Waals surface area (Å²) in [6.45, 7) is 1.81. The molecule has 2 atom stereocenters. The highest BCUT2D eigenvalue weighted by Gasteiger charge is 2.40. The summed E-state index contributed by atoms with van der Waals surface area (Å²) in [4.78, 5) is 44.4. The molecular weight excluding hydrogens is 590 g/mol. The van der Waals surface area contributed by atoms with Crippen LogP contribution in [0.1, 0.15) is 52.5 Å². The summed E-state index contributed by atoms with van der Waals surface area (Å²) in [5.41, 5.74) is 6.32. The lowest BCUT2D eigenvalue weighted by atomic mass is 9.76. The number of barbiturate groups is 1. The van der Waals surface area contributed by atoms with Crippen molar-refractivity contribution in [2.45, 2.75) is 24.7 Å². The molecule has 1 saturated heterocycles. The first-order chi connectivity index (χ1) is 23.0. The summed E-state index contributed by atoms with van der Waals surface area (Å²) in [6.07, 6.45) is 8.64. The minimum absolute atomic E-state index is 0.0197. The normalized spacial score (nSPS) is 19.6. The Morgan fingerprint density at radius 3 is 2.06 bits per heavy atom. The second-order valence-electron chi connectivity index (χ2n) is 11.8. The Morgan fingerprint density at radius 2 is 1.49 bits per heavy atom. The SMILES string of the molecule is C#CCOc1cc(OC)ccc1/C=C1\C(=O)NC(=O)N(c2cc3c4c(c2)[C@H](c2ccccc2)CCN4CC[C@@H]3c2ccccc2)C1=O. The van der Waals surface area contributed by atoms with Crippen LogP contribution in [-0.4, -0.2) is 44.7 Å².